The molecule has 0 aliphatic carbocycles. The van der Waals surface area contributed by atoms with Gasteiger partial charge >= 0.3 is 5.97 Å². The lowest BCUT2D eigenvalue weighted by Gasteiger charge is -2.13. The van der Waals surface area contributed by atoms with Gasteiger partial charge in [0.25, 0.3) is 0 Å². The first-order valence-electron chi connectivity index (χ1n) is 8.90. The van der Waals surface area contributed by atoms with Gasteiger partial charge in [-0.15, -0.1) is 22.7 Å². The van der Waals surface area contributed by atoms with E-state index < -0.39 is 5.97 Å². The molecule has 3 heterocycles. The van der Waals surface area contributed by atoms with Gasteiger partial charge in [-0.25, -0.2) is 4.98 Å². The second-order valence-corrected chi connectivity index (χ2v) is 8.79. The third-order valence-electron chi connectivity index (χ3n) is 4.47. The Balaban J connectivity index is 1.84. The molecule has 4 nitrogen and oxygen atoms in total. The fourth-order valence-corrected chi connectivity index (χ4v) is 4.89. The summed E-state index contributed by atoms with van der Waals surface area (Å²) in [5, 5.41) is 12.3. The number of hydrogen-bond donors (Lipinski definition) is 1. The maximum absolute atomic E-state index is 11.1. The molecule has 0 unspecified atom stereocenters. The Labute approximate surface area is 165 Å². The van der Waals surface area contributed by atoms with E-state index >= 15 is 0 Å². The largest absolute Gasteiger partial charge is 0.481 e. The topological polar surface area (TPSA) is 55.1 Å². The second kappa shape index (κ2) is 7.29. The standard InChI is InChI=1S/C21H20N2O2S2/c1-13(2)21-22-16-8-5-15(12-19(16)27-21)23-14(7-10-20(24)25)6-9-17(23)18-4-3-11-26-18/h3-6,8-9,11-13H,7,10H2,1-2H3,(H,24,25). The van der Waals surface area contributed by atoms with Gasteiger partial charge in [-0.2, -0.15) is 0 Å². The summed E-state index contributed by atoms with van der Waals surface area (Å²) in [6, 6.07) is 14.6. The number of aryl methyl sites for hydroxylation is 1. The molecule has 4 rings (SSSR count). The average molecular weight is 397 g/mol. The molecule has 1 aromatic carbocycles. The molecule has 0 aliphatic heterocycles. The summed E-state index contributed by atoms with van der Waals surface area (Å²) in [5.74, 6) is -0.370. The summed E-state index contributed by atoms with van der Waals surface area (Å²) < 4.78 is 3.34. The van der Waals surface area contributed by atoms with Crippen molar-refractivity contribution >= 4 is 38.9 Å². The highest BCUT2D eigenvalue weighted by molar-refractivity contribution is 7.18. The van der Waals surface area contributed by atoms with Gasteiger partial charge in [-0.1, -0.05) is 19.9 Å². The smallest absolute Gasteiger partial charge is 0.303 e. The molecule has 0 radical (unpaired) electrons. The molecule has 0 aliphatic rings. The third-order valence-corrected chi connectivity index (χ3v) is 6.68. The first kappa shape index (κ1) is 17.9. The molecule has 0 amide bonds. The van der Waals surface area contributed by atoms with Crippen LogP contribution in [0.5, 0.6) is 0 Å². The minimum atomic E-state index is -0.778. The van der Waals surface area contributed by atoms with E-state index in [1.165, 1.54) is 4.88 Å². The Hall–Kier alpha value is -2.44. The molecule has 0 fully saturated rings. The van der Waals surface area contributed by atoms with E-state index in [0.717, 1.165) is 32.3 Å². The molecule has 0 bridgehead atoms. The number of carbonyl (C=O) groups is 1. The Morgan fingerprint density at radius 3 is 2.78 bits per heavy atom. The fourth-order valence-electron chi connectivity index (χ4n) is 3.15. The van der Waals surface area contributed by atoms with E-state index in [9.17, 15) is 4.79 Å². The molecule has 6 heteroatoms. The maximum atomic E-state index is 11.1. The van der Waals surface area contributed by atoms with Gasteiger partial charge in [0.1, 0.15) is 0 Å². The van der Waals surface area contributed by atoms with E-state index in [4.69, 9.17) is 10.1 Å². The first-order chi connectivity index (χ1) is 13.0. The van der Waals surface area contributed by atoms with Crippen LogP contribution >= 0.6 is 22.7 Å². The quantitative estimate of drug-likeness (QED) is 0.438. The van der Waals surface area contributed by atoms with Crippen molar-refractivity contribution in [3.05, 3.63) is 58.5 Å². The number of hydrogen-bond acceptors (Lipinski definition) is 4. The summed E-state index contributed by atoms with van der Waals surface area (Å²) in [7, 11) is 0. The van der Waals surface area contributed by atoms with Gasteiger partial charge in [-0.3, -0.25) is 4.79 Å². The molecule has 0 spiro atoms. The number of carboxylic acids is 1. The zero-order chi connectivity index (χ0) is 19.0. The van der Waals surface area contributed by atoms with Gasteiger partial charge in [0.15, 0.2) is 0 Å². The van der Waals surface area contributed by atoms with Crippen LogP contribution in [0.4, 0.5) is 0 Å². The number of rotatable bonds is 6. The summed E-state index contributed by atoms with van der Waals surface area (Å²) >= 11 is 3.42. The summed E-state index contributed by atoms with van der Waals surface area (Å²) in [6.07, 6.45) is 0.618. The molecule has 3 aromatic heterocycles. The number of nitrogens with zero attached hydrogens (tertiary/aromatic N) is 2. The SMILES string of the molecule is CC(C)c1nc2ccc(-n3c(CCC(=O)O)ccc3-c3cccs3)cc2s1. The highest BCUT2D eigenvalue weighted by Gasteiger charge is 2.15. The zero-order valence-corrected chi connectivity index (χ0v) is 16.8. The predicted molar refractivity (Wildman–Crippen MR) is 112 cm³/mol. The zero-order valence-electron chi connectivity index (χ0n) is 15.2. The number of aliphatic carboxylic acids is 1. The number of thiophene rings is 1. The molecular weight excluding hydrogens is 376 g/mol. The maximum Gasteiger partial charge on any atom is 0.303 e. The number of aromatic nitrogens is 2. The van der Waals surface area contributed by atoms with Gasteiger partial charge in [0.2, 0.25) is 0 Å². The molecule has 138 valence electrons. The molecular formula is C21H20N2O2S2. The summed E-state index contributed by atoms with van der Waals surface area (Å²) in [5.41, 5.74) is 4.17. The summed E-state index contributed by atoms with van der Waals surface area (Å²) in [6.45, 7) is 4.31. The number of fused-ring (bicyclic) bond motifs is 1. The lowest BCUT2D eigenvalue weighted by molar-refractivity contribution is -0.136. The minimum Gasteiger partial charge on any atom is -0.481 e. The number of carboxylic acid groups (broad SMARTS) is 1. The fraction of sp³-hybridized carbons (Fsp3) is 0.238. The van der Waals surface area contributed by atoms with Crippen LogP contribution in [-0.4, -0.2) is 20.6 Å². The van der Waals surface area contributed by atoms with Crippen LogP contribution in [-0.2, 0) is 11.2 Å². The number of thiazole rings is 1. The van der Waals surface area contributed by atoms with Crippen LogP contribution in [0.25, 0.3) is 26.5 Å². The van der Waals surface area contributed by atoms with Gasteiger partial charge in [-0.05, 0) is 48.2 Å². The van der Waals surface area contributed by atoms with Gasteiger partial charge in [0.05, 0.1) is 32.2 Å². The van der Waals surface area contributed by atoms with Gasteiger partial charge in [0, 0.05) is 17.3 Å². The highest BCUT2D eigenvalue weighted by Crippen LogP contribution is 2.33. The van der Waals surface area contributed by atoms with Crippen LogP contribution < -0.4 is 0 Å². The normalized spacial score (nSPS) is 11.5. The van der Waals surface area contributed by atoms with Crippen molar-refractivity contribution in [2.24, 2.45) is 0 Å². The van der Waals surface area contributed by atoms with Crippen molar-refractivity contribution in [3.63, 3.8) is 0 Å². The van der Waals surface area contributed by atoms with E-state index in [0.29, 0.717) is 12.3 Å². The van der Waals surface area contributed by atoms with E-state index in [2.05, 4.69) is 54.1 Å². The van der Waals surface area contributed by atoms with Crippen molar-refractivity contribution in [3.8, 4) is 16.3 Å². The van der Waals surface area contributed by atoms with E-state index in [1.54, 1.807) is 22.7 Å². The number of benzene rings is 1. The van der Waals surface area contributed by atoms with Crippen molar-refractivity contribution in [1.82, 2.24) is 9.55 Å². The van der Waals surface area contributed by atoms with Gasteiger partial charge < -0.3 is 9.67 Å². The molecule has 0 saturated carbocycles. The highest BCUT2D eigenvalue weighted by atomic mass is 32.1. The third kappa shape index (κ3) is 3.55. The molecule has 1 N–H and O–H groups in total. The Bertz CT molecular complexity index is 1090. The van der Waals surface area contributed by atoms with Crippen LogP contribution in [0.3, 0.4) is 0 Å². The molecule has 0 atom stereocenters. The van der Waals surface area contributed by atoms with Crippen LogP contribution in [0.15, 0.2) is 47.8 Å². The van der Waals surface area contributed by atoms with Crippen LogP contribution in [0.1, 0.15) is 36.9 Å². The minimum absolute atomic E-state index is 0.119. The van der Waals surface area contributed by atoms with E-state index in [-0.39, 0.29) is 6.42 Å². The van der Waals surface area contributed by atoms with Crippen molar-refractivity contribution in [2.45, 2.75) is 32.6 Å². The Kier molecular flexibility index (Phi) is 4.85. The predicted octanol–water partition coefficient (Wildman–Crippen LogP) is 5.96. The van der Waals surface area contributed by atoms with Crippen LogP contribution in [0, 0.1) is 0 Å². The monoisotopic (exact) mass is 396 g/mol. The van der Waals surface area contributed by atoms with Crippen LogP contribution in [0.2, 0.25) is 0 Å². The van der Waals surface area contributed by atoms with Crippen molar-refractivity contribution in [1.29, 1.82) is 0 Å². The average Bonchev–Trinajstić information content (AvgIpc) is 3.36. The first-order valence-corrected chi connectivity index (χ1v) is 10.6. The summed E-state index contributed by atoms with van der Waals surface area (Å²) in [4.78, 5) is 17.0. The Morgan fingerprint density at radius 1 is 1.22 bits per heavy atom. The molecule has 0 saturated heterocycles. The van der Waals surface area contributed by atoms with Crippen molar-refractivity contribution < 1.29 is 9.90 Å². The lowest BCUT2D eigenvalue weighted by atomic mass is 10.2. The molecule has 4 aromatic rings. The lowest BCUT2D eigenvalue weighted by Crippen LogP contribution is -2.05. The molecule has 27 heavy (non-hydrogen) atoms. The van der Waals surface area contributed by atoms with Crippen molar-refractivity contribution in [2.75, 3.05) is 0 Å². The Morgan fingerprint density at radius 2 is 2.07 bits per heavy atom. The van der Waals surface area contributed by atoms with E-state index in [1.807, 2.05) is 12.1 Å². The second-order valence-electron chi connectivity index (χ2n) is 6.78.